The summed E-state index contributed by atoms with van der Waals surface area (Å²) in [6, 6.07) is 6.90. The molecule has 0 N–H and O–H groups in total. The molecule has 1 aromatic carbocycles. The zero-order valence-corrected chi connectivity index (χ0v) is 15.2. The van der Waals surface area contributed by atoms with Gasteiger partial charge in [-0.2, -0.15) is 5.10 Å². The first-order valence-electron chi connectivity index (χ1n) is 9.37. The lowest BCUT2D eigenvalue weighted by Gasteiger charge is -2.33. The molecule has 7 heteroatoms. The van der Waals surface area contributed by atoms with Gasteiger partial charge in [-0.25, -0.2) is 8.78 Å². The van der Waals surface area contributed by atoms with Crippen LogP contribution in [0.5, 0.6) is 0 Å². The van der Waals surface area contributed by atoms with Crippen molar-refractivity contribution < 1.29 is 8.78 Å². The van der Waals surface area contributed by atoms with Gasteiger partial charge >= 0.3 is 0 Å². The van der Waals surface area contributed by atoms with Crippen LogP contribution in [-0.4, -0.2) is 52.9 Å². The summed E-state index contributed by atoms with van der Waals surface area (Å²) >= 11 is 0. The first-order valence-corrected chi connectivity index (χ1v) is 9.37. The standard InChI is InChI=1S/C20H21F2N5/c1-25-4-6-26(7-5-25)20-10-14(12-23-24-20)18-9-13-8-16(21)17(22)11-19(13)27(18)15-2-3-15/h8-12,15H,2-7H2,1H3. The molecular weight excluding hydrogens is 348 g/mol. The number of hydrogen-bond acceptors (Lipinski definition) is 4. The van der Waals surface area contributed by atoms with E-state index in [0.717, 1.165) is 61.6 Å². The molecule has 0 bridgehead atoms. The number of aromatic nitrogens is 3. The van der Waals surface area contributed by atoms with Crippen molar-refractivity contribution in [3.05, 3.63) is 42.1 Å². The minimum absolute atomic E-state index is 0.336. The quantitative estimate of drug-likeness (QED) is 0.709. The molecular formula is C20H21F2N5. The number of rotatable bonds is 3. The van der Waals surface area contributed by atoms with E-state index in [-0.39, 0.29) is 0 Å². The number of anilines is 1. The predicted molar refractivity (Wildman–Crippen MR) is 101 cm³/mol. The number of halogens is 2. The van der Waals surface area contributed by atoms with Crippen LogP contribution in [-0.2, 0) is 0 Å². The van der Waals surface area contributed by atoms with E-state index in [4.69, 9.17) is 0 Å². The van der Waals surface area contributed by atoms with Crippen LogP contribution in [0.1, 0.15) is 18.9 Å². The van der Waals surface area contributed by atoms with Gasteiger partial charge in [0, 0.05) is 49.2 Å². The van der Waals surface area contributed by atoms with Crippen LogP contribution in [0.2, 0.25) is 0 Å². The molecule has 0 atom stereocenters. The van der Waals surface area contributed by atoms with Crippen molar-refractivity contribution >= 4 is 16.7 Å². The van der Waals surface area contributed by atoms with Gasteiger partial charge in [-0.15, -0.1) is 5.10 Å². The molecule has 140 valence electrons. The molecule has 0 unspecified atom stereocenters. The Bertz CT molecular complexity index is 1000. The lowest BCUT2D eigenvalue weighted by atomic mass is 10.2. The van der Waals surface area contributed by atoms with Crippen LogP contribution in [0.15, 0.2) is 30.5 Å². The molecule has 2 aromatic heterocycles. The normalized spacial score (nSPS) is 18.4. The maximum absolute atomic E-state index is 13.8. The van der Waals surface area contributed by atoms with Crippen molar-refractivity contribution in [1.82, 2.24) is 19.7 Å². The highest BCUT2D eigenvalue weighted by molar-refractivity contribution is 5.87. The molecule has 0 radical (unpaired) electrons. The Morgan fingerprint density at radius 3 is 2.44 bits per heavy atom. The van der Waals surface area contributed by atoms with Crippen molar-refractivity contribution in [1.29, 1.82) is 0 Å². The molecule has 27 heavy (non-hydrogen) atoms. The van der Waals surface area contributed by atoms with Crippen LogP contribution in [0.25, 0.3) is 22.2 Å². The summed E-state index contributed by atoms with van der Waals surface area (Å²) in [7, 11) is 2.12. The first kappa shape index (κ1) is 16.6. The minimum Gasteiger partial charge on any atom is -0.353 e. The number of fused-ring (bicyclic) bond motifs is 1. The Morgan fingerprint density at radius 2 is 1.70 bits per heavy atom. The van der Waals surface area contributed by atoms with E-state index < -0.39 is 11.6 Å². The van der Waals surface area contributed by atoms with E-state index in [0.29, 0.717) is 11.4 Å². The third-order valence-corrected chi connectivity index (χ3v) is 5.56. The second kappa shape index (κ2) is 6.27. The molecule has 3 heterocycles. The van der Waals surface area contributed by atoms with Gasteiger partial charge in [-0.05, 0) is 38.1 Å². The summed E-state index contributed by atoms with van der Waals surface area (Å²) in [4.78, 5) is 4.53. The fourth-order valence-electron chi connectivity index (χ4n) is 3.86. The number of benzene rings is 1. The molecule has 3 aromatic rings. The molecule has 1 saturated heterocycles. The second-order valence-corrected chi connectivity index (χ2v) is 7.55. The highest BCUT2D eigenvalue weighted by atomic mass is 19.2. The largest absolute Gasteiger partial charge is 0.353 e. The number of piperazine rings is 1. The fraction of sp³-hybridized carbons (Fsp3) is 0.400. The van der Waals surface area contributed by atoms with Crippen LogP contribution in [0.4, 0.5) is 14.6 Å². The smallest absolute Gasteiger partial charge is 0.160 e. The van der Waals surface area contributed by atoms with Crippen LogP contribution < -0.4 is 4.90 Å². The lowest BCUT2D eigenvalue weighted by Crippen LogP contribution is -2.44. The highest BCUT2D eigenvalue weighted by Crippen LogP contribution is 2.43. The molecule has 5 nitrogen and oxygen atoms in total. The summed E-state index contributed by atoms with van der Waals surface area (Å²) in [5, 5.41) is 9.25. The Balaban J connectivity index is 1.59. The highest BCUT2D eigenvalue weighted by Gasteiger charge is 2.29. The Kier molecular flexibility index (Phi) is 3.86. The Morgan fingerprint density at radius 1 is 0.963 bits per heavy atom. The third-order valence-electron chi connectivity index (χ3n) is 5.56. The van der Waals surface area contributed by atoms with E-state index >= 15 is 0 Å². The molecule has 2 aliphatic rings. The van der Waals surface area contributed by atoms with Crippen molar-refractivity contribution in [2.24, 2.45) is 0 Å². The lowest BCUT2D eigenvalue weighted by molar-refractivity contribution is 0.312. The van der Waals surface area contributed by atoms with Gasteiger partial charge in [0.2, 0.25) is 0 Å². The first-order chi connectivity index (χ1) is 13.1. The molecule has 0 spiro atoms. The van der Waals surface area contributed by atoms with Crippen LogP contribution in [0, 0.1) is 11.6 Å². The molecule has 2 fully saturated rings. The summed E-state index contributed by atoms with van der Waals surface area (Å²) in [5.41, 5.74) is 2.62. The van der Waals surface area contributed by atoms with Gasteiger partial charge < -0.3 is 14.4 Å². The van der Waals surface area contributed by atoms with Crippen molar-refractivity contribution in [2.75, 3.05) is 38.1 Å². The van der Waals surface area contributed by atoms with Crippen LogP contribution in [0.3, 0.4) is 0 Å². The SMILES string of the molecule is CN1CCN(c2cc(-c3cc4cc(F)c(F)cc4n3C3CC3)cnn2)CC1. The Labute approximate surface area is 156 Å². The van der Waals surface area contributed by atoms with E-state index in [1.54, 1.807) is 6.20 Å². The average Bonchev–Trinajstić information content (AvgIpc) is 3.45. The van der Waals surface area contributed by atoms with Gasteiger partial charge in [0.1, 0.15) is 0 Å². The number of likely N-dealkylation sites (N-methyl/N-ethyl adjacent to an activating group) is 1. The van der Waals surface area contributed by atoms with Crippen molar-refractivity contribution in [2.45, 2.75) is 18.9 Å². The number of nitrogens with zero attached hydrogens (tertiary/aromatic N) is 5. The van der Waals surface area contributed by atoms with Gasteiger partial charge in [0.15, 0.2) is 17.5 Å². The van der Waals surface area contributed by atoms with Gasteiger partial charge in [-0.3, -0.25) is 0 Å². The van der Waals surface area contributed by atoms with Crippen LogP contribution >= 0.6 is 0 Å². The fourth-order valence-corrected chi connectivity index (χ4v) is 3.86. The third kappa shape index (κ3) is 2.96. The van der Waals surface area contributed by atoms with Crippen molar-refractivity contribution in [3.8, 4) is 11.3 Å². The minimum atomic E-state index is -0.812. The van der Waals surface area contributed by atoms with E-state index in [2.05, 4.69) is 31.6 Å². The van der Waals surface area contributed by atoms with Gasteiger partial charge in [0.25, 0.3) is 0 Å². The predicted octanol–water partition coefficient (Wildman–Crippen LogP) is 3.46. The van der Waals surface area contributed by atoms with E-state index in [9.17, 15) is 8.78 Å². The molecule has 1 saturated carbocycles. The monoisotopic (exact) mass is 369 g/mol. The van der Waals surface area contributed by atoms with Gasteiger partial charge in [-0.1, -0.05) is 0 Å². The zero-order chi connectivity index (χ0) is 18.5. The molecule has 0 amide bonds. The van der Waals surface area contributed by atoms with E-state index in [1.807, 2.05) is 12.1 Å². The summed E-state index contributed by atoms with van der Waals surface area (Å²) in [6.07, 6.45) is 3.85. The average molecular weight is 369 g/mol. The Hall–Kier alpha value is -2.54. The van der Waals surface area contributed by atoms with Gasteiger partial charge in [0.05, 0.1) is 17.4 Å². The second-order valence-electron chi connectivity index (χ2n) is 7.55. The maximum Gasteiger partial charge on any atom is 0.160 e. The molecule has 1 aliphatic heterocycles. The van der Waals surface area contributed by atoms with Crippen molar-refractivity contribution in [3.63, 3.8) is 0 Å². The summed E-state index contributed by atoms with van der Waals surface area (Å²) in [5.74, 6) is -0.765. The molecule has 1 aliphatic carbocycles. The van der Waals surface area contributed by atoms with E-state index in [1.165, 1.54) is 12.1 Å². The topological polar surface area (TPSA) is 37.2 Å². The summed E-state index contributed by atoms with van der Waals surface area (Å²) in [6.45, 7) is 3.81. The number of hydrogen-bond donors (Lipinski definition) is 0. The molecule has 5 rings (SSSR count). The summed E-state index contributed by atoms with van der Waals surface area (Å²) < 4.78 is 29.7. The zero-order valence-electron chi connectivity index (χ0n) is 15.2. The maximum atomic E-state index is 13.8.